The van der Waals surface area contributed by atoms with E-state index in [1.54, 1.807) is 6.08 Å². The Morgan fingerprint density at radius 2 is 2.55 bits per heavy atom. The largest absolute Gasteiger partial charge is 0.318 e. The van der Waals surface area contributed by atoms with E-state index in [1.165, 1.54) is 0 Å². The van der Waals surface area contributed by atoms with Gasteiger partial charge in [-0.15, -0.1) is 6.58 Å². The third kappa shape index (κ3) is 1.36. The lowest BCUT2D eigenvalue weighted by atomic mass is 10.1. The summed E-state index contributed by atoms with van der Waals surface area (Å²) in [4.78, 5) is 11.3. The Morgan fingerprint density at radius 1 is 1.91 bits per heavy atom. The van der Waals surface area contributed by atoms with Crippen LogP contribution >= 0.6 is 0 Å². The van der Waals surface area contributed by atoms with E-state index in [4.69, 9.17) is 5.73 Å². The van der Waals surface area contributed by atoms with E-state index in [-0.39, 0.29) is 11.7 Å². The van der Waals surface area contributed by atoms with E-state index < -0.39 is 5.54 Å². The van der Waals surface area contributed by atoms with Gasteiger partial charge in [0.05, 0.1) is 5.54 Å². The molecular formula is C9H15NO. The van der Waals surface area contributed by atoms with Gasteiger partial charge in [-0.2, -0.15) is 0 Å². The Labute approximate surface area is 67.5 Å². The van der Waals surface area contributed by atoms with Gasteiger partial charge in [0.25, 0.3) is 0 Å². The predicted molar refractivity (Wildman–Crippen MR) is 45.1 cm³/mol. The maximum atomic E-state index is 11.3. The molecule has 0 spiro atoms. The SMILES string of the molecule is C=CC1CC1(N)C(=O)CCC. The van der Waals surface area contributed by atoms with Crippen molar-refractivity contribution in [1.29, 1.82) is 0 Å². The summed E-state index contributed by atoms with van der Waals surface area (Å²) in [7, 11) is 0. The maximum Gasteiger partial charge on any atom is 0.153 e. The average molecular weight is 153 g/mol. The van der Waals surface area contributed by atoms with E-state index in [2.05, 4.69) is 6.58 Å². The molecule has 0 saturated heterocycles. The molecule has 2 N–H and O–H groups in total. The van der Waals surface area contributed by atoms with Crippen molar-refractivity contribution in [2.45, 2.75) is 31.7 Å². The molecule has 0 amide bonds. The summed E-state index contributed by atoms with van der Waals surface area (Å²) in [6.45, 7) is 5.62. The van der Waals surface area contributed by atoms with Gasteiger partial charge < -0.3 is 5.73 Å². The normalized spacial score (nSPS) is 34.9. The van der Waals surface area contributed by atoms with E-state index in [1.807, 2.05) is 6.92 Å². The van der Waals surface area contributed by atoms with E-state index in [0.29, 0.717) is 6.42 Å². The minimum atomic E-state index is -0.530. The minimum Gasteiger partial charge on any atom is -0.318 e. The fraction of sp³-hybridized carbons (Fsp3) is 0.667. The lowest BCUT2D eigenvalue weighted by Gasteiger charge is -2.06. The summed E-state index contributed by atoms with van der Waals surface area (Å²) in [6.07, 6.45) is 4.09. The highest BCUT2D eigenvalue weighted by atomic mass is 16.1. The van der Waals surface area contributed by atoms with Crippen molar-refractivity contribution in [2.75, 3.05) is 0 Å². The van der Waals surface area contributed by atoms with Crippen LogP contribution in [0.3, 0.4) is 0 Å². The topological polar surface area (TPSA) is 43.1 Å². The number of hydrogen-bond acceptors (Lipinski definition) is 2. The molecule has 2 nitrogen and oxygen atoms in total. The third-order valence-electron chi connectivity index (χ3n) is 2.34. The maximum absolute atomic E-state index is 11.3. The Hall–Kier alpha value is -0.630. The molecule has 0 aromatic rings. The van der Waals surface area contributed by atoms with Crippen LogP contribution in [-0.4, -0.2) is 11.3 Å². The molecule has 1 saturated carbocycles. The lowest BCUT2D eigenvalue weighted by molar-refractivity contribution is -0.121. The summed E-state index contributed by atoms with van der Waals surface area (Å²) >= 11 is 0. The van der Waals surface area contributed by atoms with Gasteiger partial charge >= 0.3 is 0 Å². The fourth-order valence-corrected chi connectivity index (χ4v) is 1.38. The Morgan fingerprint density at radius 3 is 2.91 bits per heavy atom. The van der Waals surface area contributed by atoms with Crippen LogP contribution < -0.4 is 5.73 Å². The highest BCUT2D eigenvalue weighted by molar-refractivity contribution is 5.92. The first-order valence-electron chi connectivity index (χ1n) is 4.10. The number of carbonyl (C=O) groups excluding carboxylic acids is 1. The second-order valence-corrected chi connectivity index (χ2v) is 3.26. The molecule has 0 aromatic carbocycles. The van der Waals surface area contributed by atoms with Gasteiger partial charge in [-0.3, -0.25) is 4.79 Å². The molecule has 0 aliphatic heterocycles. The molecule has 1 rings (SSSR count). The summed E-state index contributed by atoms with van der Waals surface area (Å²) in [6, 6.07) is 0. The van der Waals surface area contributed by atoms with Gasteiger partial charge in [0.2, 0.25) is 0 Å². The second kappa shape index (κ2) is 2.78. The van der Waals surface area contributed by atoms with Crippen LogP contribution in [0.15, 0.2) is 12.7 Å². The van der Waals surface area contributed by atoms with Crippen molar-refractivity contribution in [1.82, 2.24) is 0 Å². The smallest absolute Gasteiger partial charge is 0.153 e. The molecule has 0 heterocycles. The quantitative estimate of drug-likeness (QED) is 0.618. The molecule has 2 atom stereocenters. The zero-order valence-corrected chi connectivity index (χ0v) is 6.97. The van der Waals surface area contributed by atoms with E-state index in [9.17, 15) is 4.79 Å². The van der Waals surface area contributed by atoms with Gasteiger partial charge in [-0.1, -0.05) is 13.0 Å². The Bertz CT molecular complexity index is 188. The number of ketones is 1. The molecule has 1 fully saturated rings. The van der Waals surface area contributed by atoms with Crippen LogP contribution in [0.5, 0.6) is 0 Å². The third-order valence-corrected chi connectivity index (χ3v) is 2.34. The van der Waals surface area contributed by atoms with Crippen LogP contribution in [0.2, 0.25) is 0 Å². The standard InChI is InChI=1S/C9H15NO/c1-3-5-8(11)9(10)6-7(9)4-2/h4,7H,2-3,5-6,10H2,1H3. The van der Waals surface area contributed by atoms with Crippen molar-refractivity contribution in [2.24, 2.45) is 11.7 Å². The van der Waals surface area contributed by atoms with Crippen LogP contribution in [-0.2, 0) is 4.79 Å². The zero-order valence-electron chi connectivity index (χ0n) is 6.97. The van der Waals surface area contributed by atoms with Crippen molar-refractivity contribution in [3.05, 3.63) is 12.7 Å². The molecule has 1 aliphatic rings. The first kappa shape index (κ1) is 8.47. The van der Waals surface area contributed by atoms with Crippen molar-refractivity contribution in [3.63, 3.8) is 0 Å². The molecule has 2 heteroatoms. The van der Waals surface area contributed by atoms with Gasteiger partial charge in [0.1, 0.15) is 0 Å². The van der Waals surface area contributed by atoms with Gasteiger partial charge in [0, 0.05) is 12.3 Å². The van der Waals surface area contributed by atoms with Gasteiger partial charge in [-0.25, -0.2) is 0 Å². The summed E-state index contributed by atoms with van der Waals surface area (Å²) < 4.78 is 0. The monoisotopic (exact) mass is 153 g/mol. The van der Waals surface area contributed by atoms with Crippen LogP contribution in [0.4, 0.5) is 0 Å². The summed E-state index contributed by atoms with van der Waals surface area (Å²) in [5, 5.41) is 0. The number of nitrogens with two attached hydrogens (primary N) is 1. The molecule has 0 bridgehead atoms. The molecule has 62 valence electrons. The molecule has 0 aromatic heterocycles. The van der Waals surface area contributed by atoms with E-state index in [0.717, 1.165) is 12.8 Å². The molecule has 0 radical (unpaired) electrons. The predicted octanol–water partition coefficient (Wildman–Crippen LogP) is 1.26. The number of carbonyl (C=O) groups is 1. The van der Waals surface area contributed by atoms with Crippen LogP contribution in [0.1, 0.15) is 26.2 Å². The average Bonchev–Trinajstić information content (AvgIpc) is 2.64. The van der Waals surface area contributed by atoms with Gasteiger partial charge in [-0.05, 0) is 12.8 Å². The molecule has 1 aliphatic carbocycles. The van der Waals surface area contributed by atoms with Gasteiger partial charge in [0.15, 0.2) is 5.78 Å². The van der Waals surface area contributed by atoms with Crippen molar-refractivity contribution in [3.8, 4) is 0 Å². The highest BCUT2D eigenvalue weighted by Crippen LogP contribution is 2.43. The number of hydrogen-bond donors (Lipinski definition) is 1. The number of rotatable bonds is 4. The number of Topliss-reactive ketones (excluding diaryl/α,β-unsaturated/α-hetero) is 1. The Balaban J connectivity index is 2.49. The van der Waals surface area contributed by atoms with Crippen molar-refractivity contribution < 1.29 is 4.79 Å². The van der Waals surface area contributed by atoms with Crippen molar-refractivity contribution >= 4 is 5.78 Å². The van der Waals surface area contributed by atoms with Crippen LogP contribution in [0, 0.1) is 5.92 Å². The zero-order chi connectivity index (χ0) is 8.48. The summed E-state index contributed by atoms with van der Waals surface area (Å²) in [5.41, 5.74) is 5.28. The molecule has 2 unspecified atom stereocenters. The first-order chi connectivity index (χ1) is 5.15. The summed E-state index contributed by atoms with van der Waals surface area (Å²) in [5.74, 6) is 0.437. The fourth-order valence-electron chi connectivity index (χ4n) is 1.38. The second-order valence-electron chi connectivity index (χ2n) is 3.26. The molecule has 11 heavy (non-hydrogen) atoms. The minimum absolute atomic E-state index is 0.199. The Kier molecular flexibility index (Phi) is 2.14. The lowest BCUT2D eigenvalue weighted by Crippen LogP contribution is -2.34. The highest BCUT2D eigenvalue weighted by Gasteiger charge is 2.53. The van der Waals surface area contributed by atoms with Crippen LogP contribution in [0.25, 0.3) is 0 Å². The van der Waals surface area contributed by atoms with E-state index >= 15 is 0 Å². The molecular weight excluding hydrogens is 138 g/mol. The first-order valence-corrected chi connectivity index (χ1v) is 4.10.